The summed E-state index contributed by atoms with van der Waals surface area (Å²) in [6.07, 6.45) is 1.16. The number of hydrogen-bond acceptors (Lipinski definition) is 4. The van der Waals surface area contributed by atoms with Gasteiger partial charge in [0.1, 0.15) is 21.4 Å². The van der Waals surface area contributed by atoms with Crippen LogP contribution in [-0.2, 0) is 9.84 Å². The number of rotatable bonds is 5. The van der Waals surface area contributed by atoms with Crippen LogP contribution in [0.4, 0.5) is 4.39 Å². The Balaban J connectivity index is 2.61. The van der Waals surface area contributed by atoms with Crippen LogP contribution in [0.25, 0.3) is 0 Å². The molecule has 1 atom stereocenters. The molecule has 0 amide bonds. The van der Waals surface area contributed by atoms with E-state index in [2.05, 4.69) is 5.32 Å². The lowest BCUT2D eigenvalue weighted by Crippen LogP contribution is -2.25. The fourth-order valence-electron chi connectivity index (χ4n) is 1.45. The Morgan fingerprint density at radius 3 is 2.65 bits per heavy atom. The van der Waals surface area contributed by atoms with E-state index in [1.165, 1.54) is 12.1 Å². The minimum atomic E-state index is -3.00. The van der Waals surface area contributed by atoms with Gasteiger partial charge in [0.05, 0.1) is 5.75 Å². The van der Waals surface area contributed by atoms with Crippen LogP contribution in [0.1, 0.15) is 18.5 Å². The Kier molecular flexibility index (Phi) is 4.47. The summed E-state index contributed by atoms with van der Waals surface area (Å²) in [7, 11) is -3.00. The summed E-state index contributed by atoms with van der Waals surface area (Å²) in [5.41, 5.74) is 0.542. The lowest BCUT2D eigenvalue weighted by atomic mass is 10.1. The average molecular weight is 261 g/mol. The van der Waals surface area contributed by atoms with Crippen LogP contribution in [-0.4, -0.2) is 32.1 Å². The van der Waals surface area contributed by atoms with Crippen molar-refractivity contribution in [2.75, 3.05) is 18.6 Å². The van der Waals surface area contributed by atoms with Crippen molar-refractivity contribution in [3.63, 3.8) is 0 Å². The minimum Gasteiger partial charge on any atom is -0.508 e. The highest BCUT2D eigenvalue weighted by molar-refractivity contribution is 7.90. The fraction of sp³-hybridized carbons (Fsp3) is 0.455. The van der Waals surface area contributed by atoms with Crippen LogP contribution in [0.2, 0.25) is 0 Å². The van der Waals surface area contributed by atoms with Gasteiger partial charge >= 0.3 is 0 Å². The van der Waals surface area contributed by atoms with Crippen molar-refractivity contribution >= 4 is 9.84 Å². The Morgan fingerprint density at radius 2 is 2.12 bits per heavy atom. The molecule has 96 valence electrons. The molecule has 0 radical (unpaired) electrons. The van der Waals surface area contributed by atoms with Crippen LogP contribution in [0.15, 0.2) is 18.2 Å². The van der Waals surface area contributed by atoms with Crippen molar-refractivity contribution in [2.45, 2.75) is 13.0 Å². The predicted molar refractivity (Wildman–Crippen MR) is 64.2 cm³/mol. The van der Waals surface area contributed by atoms with Gasteiger partial charge in [-0.15, -0.1) is 0 Å². The molecule has 0 bridgehead atoms. The van der Waals surface area contributed by atoms with Crippen molar-refractivity contribution in [1.82, 2.24) is 5.32 Å². The smallest absolute Gasteiger partial charge is 0.148 e. The minimum absolute atomic E-state index is 0.0271. The topological polar surface area (TPSA) is 66.4 Å². The summed E-state index contributed by atoms with van der Waals surface area (Å²) in [4.78, 5) is 0. The third kappa shape index (κ3) is 4.70. The third-order valence-electron chi connectivity index (χ3n) is 2.38. The number of sulfone groups is 1. The monoisotopic (exact) mass is 261 g/mol. The van der Waals surface area contributed by atoms with Gasteiger partial charge in [-0.05, 0) is 13.0 Å². The molecule has 1 aromatic rings. The first-order valence-corrected chi connectivity index (χ1v) is 7.25. The quantitative estimate of drug-likeness (QED) is 0.836. The summed E-state index contributed by atoms with van der Waals surface area (Å²) in [6, 6.07) is 3.52. The number of aromatic hydroxyl groups is 1. The molecule has 0 saturated carbocycles. The molecule has 6 heteroatoms. The molecule has 0 aliphatic rings. The molecule has 2 N–H and O–H groups in total. The van der Waals surface area contributed by atoms with Crippen LogP contribution in [0.3, 0.4) is 0 Å². The zero-order valence-corrected chi connectivity index (χ0v) is 10.6. The van der Waals surface area contributed by atoms with Crippen LogP contribution in [0.5, 0.6) is 5.75 Å². The maximum absolute atomic E-state index is 12.8. The van der Waals surface area contributed by atoms with Crippen molar-refractivity contribution < 1.29 is 17.9 Å². The summed E-state index contributed by atoms with van der Waals surface area (Å²) in [5.74, 6) is -0.613. The van der Waals surface area contributed by atoms with Crippen molar-refractivity contribution in [3.8, 4) is 5.75 Å². The molecule has 1 rings (SSSR count). The molecule has 1 aromatic carbocycles. The van der Waals surface area contributed by atoms with E-state index in [0.717, 1.165) is 12.3 Å². The molecule has 0 saturated heterocycles. The highest BCUT2D eigenvalue weighted by atomic mass is 32.2. The standard InChI is InChI=1S/C11H16FNO3S/c1-8(13-5-6-17(2,15)16)10-4-3-9(12)7-11(10)14/h3-4,7-8,13-14H,5-6H2,1-2H3. The Morgan fingerprint density at radius 1 is 1.47 bits per heavy atom. The van der Waals surface area contributed by atoms with E-state index in [-0.39, 0.29) is 24.1 Å². The van der Waals surface area contributed by atoms with Gasteiger partial charge in [0, 0.05) is 30.5 Å². The summed E-state index contributed by atoms with van der Waals surface area (Å²) >= 11 is 0. The lowest BCUT2D eigenvalue weighted by Gasteiger charge is -2.15. The third-order valence-corrected chi connectivity index (χ3v) is 3.33. The molecule has 0 aliphatic carbocycles. The highest BCUT2D eigenvalue weighted by Gasteiger charge is 2.11. The molecular formula is C11H16FNO3S. The number of hydrogen-bond donors (Lipinski definition) is 2. The van der Waals surface area contributed by atoms with E-state index >= 15 is 0 Å². The average Bonchev–Trinajstić information content (AvgIpc) is 2.15. The Bertz CT molecular complexity index is 487. The first-order valence-electron chi connectivity index (χ1n) is 5.19. The molecule has 4 nitrogen and oxygen atoms in total. The first-order chi connectivity index (χ1) is 7.79. The van der Waals surface area contributed by atoms with Crippen LogP contribution >= 0.6 is 0 Å². The van der Waals surface area contributed by atoms with Crippen LogP contribution < -0.4 is 5.32 Å². The summed E-state index contributed by atoms with van der Waals surface area (Å²) in [5, 5.41) is 12.5. The van der Waals surface area contributed by atoms with Gasteiger partial charge in [-0.2, -0.15) is 0 Å². The Labute approximate surface area is 100 Å². The summed E-state index contributed by atoms with van der Waals surface area (Å²) < 4.78 is 34.6. The van der Waals surface area contributed by atoms with Gasteiger partial charge in [0.25, 0.3) is 0 Å². The van der Waals surface area contributed by atoms with Gasteiger partial charge in [-0.1, -0.05) is 6.07 Å². The number of nitrogens with one attached hydrogen (secondary N) is 1. The Hall–Kier alpha value is -1.14. The maximum Gasteiger partial charge on any atom is 0.148 e. The second-order valence-electron chi connectivity index (χ2n) is 4.01. The first kappa shape index (κ1) is 13.9. The molecule has 0 heterocycles. The zero-order valence-electron chi connectivity index (χ0n) is 9.77. The SMILES string of the molecule is CC(NCCS(C)(=O)=O)c1ccc(F)cc1O. The van der Waals surface area contributed by atoms with Crippen molar-refractivity contribution in [2.24, 2.45) is 0 Å². The molecule has 1 unspecified atom stereocenters. The van der Waals surface area contributed by atoms with E-state index in [1.54, 1.807) is 6.92 Å². The van der Waals surface area contributed by atoms with Gasteiger partial charge in [-0.3, -0.25) is 0 Å². The van der Waals surface area contributed by atoms with Crippen LogP contribution in [0, 0.1) is 5.82 Å². The molecule has 0 spiro atoms. The molecule has 0 fully saturated rings. The number of phenolic OH excluding ortho intramolecular Hbond substituents is 1. The highest BCUT2D eigenvalue weighted by Crippen LogP contribution is 2.24. The number of phenols is 1. The van der Waals surface area contributed by atoms with Crippen molar-refractivity contribution in [3.05, 3.63) is 29.6 Å². The molecular weight excluding hydrogens is 245 g/mol. The van der Waals surface area contributed by atoms with E-state index in [1.807, 2.05) is 0 Å². The van der Waals surface area contributed by atoms with Gasteiger partial charge < -0.3 is 10.4 Å². The summed E-state index contributed by atoms with van der Waals surface area (Å²) in [6.45, 7) is 2.06. The van der Waals surface area contributed by atoms with Gasteiger partial charge in [0.2, 0.25) is 0 Å². The molecule has 0 aliphatic heterocycles. The molecule has 0 aromatic heterocycles. The number of halogens is 1. The largest absolute Gasteiger partial charge is 0.508 e. The normalized spacial score (nSPS) is 13.6. The van der Waals surface area contributed by atoms with E-state index in [0.29, 0.717) is 5.56 Å². The van der Waals surface area contributed by atoms with Gasteiger partial charge in [-0.25, -0.2) is 12.8 Å². The second-order valence-corrected chi connectivity index (χ2v) is 6.27. The number of benzene rings is 1. The second kappa shape index (κ2) is 5.46. The zero-order chi connectivity index (χ0) is 13.1. The van der Waals surface area contributed by atoms with E-state index in [4.69, 9.17) is 0 Å². The fourth-order valence-corrected chi connectivity index (χ4v) is 1.94. The lowest BCUT2D eigenvalue weighted by molar-refractivity contribution is 0.449. The van der Waals surface area contributed by atoms with Crippen molar-refractivity contribution in [1.29, 1.82) is 0 Å². The maximum atomic E-state index is 12.8. The predicted octanol–water partition coefficient (Wildman–Crippen LogP) is 1.23. The van der Waals surface area contributed by atoms with E-state index in [9.17, 15) is 17.9 Å². The van der Waals surface area contributed by atoms with E-state index < -0.39 is 15.7 Å². The van der Waals surface area contributed by atoms with Gasteiger partial charge in [0.15, 0.2) is 0 Å². The molecule has 17 heavy (non-hydrogen) atoms.